The zero-order chi connectivity index (χ0) is 10.1. The van der Waals surface area contributed by atoms with E-state index in [4.69, 9.17) is 4.74 Å². The molecule has 3 unspecified atom stereocenters. The Bertz CT molecular complexity index is 225. The quantitative estimate of drug-likeness (QED) is 0.834. The fourth-order valence-electron chi connectivity index (χ4n) is 3.27. The highest BCUT2D eigenvalue weighted by molar-refractivity contribution is 5.85. The summed E-state index contributed by atoms with van der Waals surface area (Å²) in [6.07, 6.45) is 5.43. The summed E-state index contributed by atoms with van der Waals surface area (Å²) in [5, 5.41) is 3.73. The van der Waals surface area contributed by atoms with Crippen LogP contribution in [0.4, 0.5) is 0 Å². The van der Waals surface area contributed by atoms with E-state index >= 15 is 0 Å². The van der Waals surface area contributed by atoms with Gasteiger partial charge in [0.2, 0.25) is 0 Å². The number of fused-ring (bicyclic) bond motifs is 2. The minimum Gasteiger partial charge on any atom is -0.381 e. The zero-order valence-corrected chi connectivity index (χ0v) is 11.9. The predicted octanol–water partition coefficient (Wildman–Crippen LogP) is 1.69. The molecule has 0 saturated carbocycles. The standard InChI is InChI=1S/C12H22N2O.2ClH/c1-2-12-8-14(5-3-11(1)13-12)7-10-4-6-15-9-10;;/h10-13H,1-9H2;2*1H. The van der Waals surface area contributed by atoms with Gasteiger partial charge < -0.3 is 15.0 Å². The first-order chi connectivity index (χ1) is 7.40. The highest BCUT2D eigenvalue weighted by atomic mass is 35.5. The van der Waals surface area contributed by atoms with E-state index in [1.807, 2.05) is 0 Å². The maximum Gasteiger partial charge on any atom is 0.0507 e. The number of likely N-dealkylation sites (tertiary alicyclic amines) is 1. The Hall–Kier alpha value is 0.460. The second-order valence-corrected chi connectivity index (χ2v) is 5.42. The van der Waals surface area contributed by atoms with Crippen LogP contribution in [0.3, 0.4) is 0 Å². The Morgan fingerprint density at radius 3 is 2.65 bits per heavy atom. The summed E-state index contributed by atoms with van der Waals surface area (Å²) < 4.78 is 5.45. The molecule has 3 atom stereocenters. The lowest BCUT2D eigenvalue weighted by Gasteiger charge is -2.26. The molecule has 0 radical (unpaired) electrons. The van der Waals surface area contributed by atoms with Crippen molar-refractivity contribution in [2.24, 2.45) is 5.92 Å². The lowest BCUT2D eigenvalue weighted by molar-refractivity contribution is 0.164. The molecule has 0 aromatic carbocycles. The molecule has 3 aliphatic rings. The monoisotopic (exact) mass is 282 g/mol. The van der Waals surface area contributed by atoms with Crippen molar-refractivity contribution >= 4 is 24.8 Å². The molecule has 3 fully saturated rings. The third-order valence-electron chi connectivity index (χ3n) is 4.15. The van der Waals surface area contributed by atoms with Crippen LogP contribution in [0.15, 0.2) is 0 Å². The summed E-state index contributed by atoms with van der Waals surface area (Å²) in [7, 11) is 0. The number of halogens is 2. The smallest absolute Gasteiger partial charge is 0.0507 e. The second-order valence-electron chi connectivity index (χ2n) is 5.42. The lowest BCUT2D eigenvalue weighted by Crippen LogP contribution is -2.38. The first kappa shape index (κ1) is 15.5. The van der Waals surface area contributed by atoms with Gasteiger partial charge in [0.25, 0.3) is 0 Å². The summed E-state index contributed by atoms with van der Waals surface area (Å²) in [5.41, 5.74) is 0. The highest BCUT2D eigenvalue weighted by Gasteiger charge is 2.30. The number of nitrogens with one attached hydrogen (secondary N) is 1. The molecule has 1 N–H and O–H groups in total. The number of hydrogen-bond acceptors (Lipinski definition) is 3. The van der Waals surface area contributed by atoms with Crippen molar-refractivity contribution in [1.29, 1.82) is 0 Å². The number of hydrogen-bond donors (Lipinski definition) is 1. The topological polar surface area (TPSA) is 24.5 Å². The van der Waals surface area contributed by atoms with E-state index in [2.05, 4.69) is 10.2 Å². The number of nitrogens with zero attached hydrogens (tertiary/aromatic N) is 1. The number of ether oxygens (including phenoxy) is 1. The third kappa shape index (κ3) is 3.97. The maximum absolute atomic E-state index is 5.45. The molecule has 17 heavy (non-hydrogen) atoms. The molecule has 2 bridgehead atoms. The van der Waals surface area contributed by atoms with E-state index in [1.165, 1.54) is 45.3 Å². The molecular weight excluding hydrogens is 259 g/mol. The Morgan fingerprint density at radius 2 is 1.88 bits per heavy atom. The van der Waals surface area contributed by atoms with Gasteiger partial charge in [-0.1, -0.05) is 0 Å². The van der Waals surface area contributed by atoms with Crippen molar-refractivity contribution < 1.29 is 4.74 Å². The van der Waals surface area contributed by atoms with Crippen molar-refractivity contribution in [1.82, 2.24) is 10.2 Å². The highest BCUT2D eigenvalue weighted by Crippen LogP contribution is 2.22. The van der Waals surface area contributed by atoms with E-state index in [-0.39, 0.29) is 24.8 Å². The van der Waals surface area contributed by atoms with E-state index in [0.717, 1.165) is 31.2 Å². The zero-order valence-electron chi connectivity index (χ0n) is 10.3. The van der Waals surface area contributed by atoms with Gasteiger partial charge in [0, 0.05) is 31.8 Å². The molecule has 3 nitrogen and oxygen atoms in total. The van der Waals surface area contributed by atoms with Crippen LogP contribution in [0, 0.1) is 5.92 Å². The normalized spacial score (nSPS) is 37.1. The van der Waals surface area contributed by atoms with Gasteiger partial charge in [0.1, 0.15) is 0 Å². The summed E-state index contributed by atoms with van der Waals surface area (Å²) >= 11 is 0. The molecule has 3 heterocycles. The molecule has 3 aliphatic heterocycles. The third-order valence-corrected chi connectivity index (χ3v) is 4.15. The van der Waals surface area contributed by atoms with Gasteiger partial charge in [-0.3, -0.25) is 0 Å². The molecule has 5 heteroatoms. The van der Waals surface area contributed by atoms with Gasteiger partial charge >= 0.3 is 0 Å². The molecule has 0 aliphatic carbocycles. The lowest BCUT2D eigenvalue weighted by atomic mass is 10.1. The van der Waals surface area contributed by atoms with Crippen molar-refractivity contribution in [3.05, 3.63) is 0 Å². The average Bonchev–Trinajstić information content (AvgIpc) is 2.80. The minimum atomic E-state index is 0. The molecule has 0 spiro atoms. The van der Waals surface area contributed by atoms with Crippen molar-refractivity contribution in [2.75, 3.05) is 32.8 Å². The van der Waals surface area contributed by atoms with Gasteiger partial charge in [0.05, 0.1) is 6.61 Å². The second kappa shape index (κ2) is 7.15. The van der Waals surface area contributed by atoms with Crippen LogP contribution in [0.5, 0.6) is 0 Å². The van der Waals surface area contributed by atoms with Crippen LogP contribution in [-0.4, -0.2) is 49.8 Å². The molecule has 0 aromatic heterocycles. The van der Waals surface area contributed by atoms with E-state index in [0.29, 0.717) is 0 Å². The van der Waals surface area contributed by atoms with Crippen LogP contribution >= 0.6 is 24.8 Å². The fourth-order valence-corrected chi connectivity index (χ4v) is 3.27. The van der Waals surface area contributed by atoms with Gasteiger partial charge in [-0.25, -0.2) is 0 Å². The van der Waals surface area contributed by atoms with E-state index in [9.17, 15) is 0 Å². The summed E-state index contributed by atoms with van der Waals surface area (Å²) in [6.45, 7) is 5.82. The van der Waals surface area contributed by atoms with Crippen LogP contribution in [0.1, 0.15) is 25.7 Å². The molecular formula is C12H24Cl2N2O. The van der Waals surface area contributed by atoms with Crippen LogP contribution in [0.2, 0.25) is 0 Å². The van der Waals surface area contributed by atoms with E-state index in [1.54, 1.807) is 0 Å². The Kier molecular flexibility index (Phi) is 6.52. The Labute approximate surface area is 116 Å². The van der Waals surface area contributed by atoms with Crippen molar-refractivity contribution in [3.8, 4) is 0 Å². The largest absolute Gasteiger partial charge is 0.381 e. The Balaban J connectivity index is 0.000000722. The summed E-state index contributed by atoms with van der Waals surface area (Å²) in [4.78, 5) is 2.66. The molecule has 0 amide bonds. The van der Waals surface area contributed by atoms with Gasteiger partial charge in [-0.2, -0.15) is 0 Å². The summed E-state index contributed by atoms with van der Waals surface area (Å²) in [6, 6.07) is 1.60. The molecule has 3 saturated heterocycles. The van der Waals surface area contributed by atoms with E-state index < -0.39 is 0 Å². The molecule has 3 rings (SSSR count). The molecule has 102 valence electrons. The fraction of sp³-hybridized carbons (Fsp3) is 1.00. The summed E-state index contributed by atoms with van der Waals surface area (Å²) in [5.74, 6) is 0.807. The van der Waals surface area contributed by atoms with Crippen LogP contribution < -0.4 is 5.32 Å². The van der Waals surface area contributed by atoms with Crippen molar-refractivity contribution in [3.63, 3.8) is 0 Å². The predicted molar refractivity (Wildman–Crippen MR) is 74.4 cm³/mol. The van der Waals surface area contributed by atoms with Gasteiger partial charge in [-0.05, 0) is 38.1 Å². The molecule has 0 aromatic rings. The van der Waals surface area contributed by atoms with Gasteiger partial charge in [-0.15, -0.1) is 24.8 Å². The number of rotatable bonds is 2. The Morgan fingerprint density at radius 1 is 1.06 bits per heavy atom. The van der Waals surface area contributed by atoms with Gasteiger partial charge in [0.15, 0.2) is 0 Å². The maximum atomic E-state index is 5.45. The SMILES string of the molecule is C1CC(CN2CCC3CCC(C2)N3)CO1.Cl.Cl. The minimum absolute atomic E-state index is 0. The first-order valence-electron chi connectivity index (χ1n) is 6.46. The van der Waals surface area contributed by atoms with Crippen molar-refractivity contribution in [2.45, 2.75) is 37.8 Å². The van der Waals surface area contributed by atoms with Crippen LogP contribution in [-0.2, 0) is 4.74 Å². The van der Waals surface area contributed by atoms with Crippen LogP contribution in [0.25, 0.3) is 0 Å². The first-order valence-corrected chi connectivity index (χ1v) is 6.46. The average molecular weight is 283 g/mol.